The first-order valence-electron chi connectivity index (χ1n) is 10.4. The fraction of sp³-hybridized carbons (Fsp3) is 0.478. The maximum absolute atomic E-state index is 12.6. The van der Waals surface area contributed by atoms with Gasteiger partial charge in [-0.25, -0.2) is 4.98 Å². The second kappa shape index (κ2) is 9.48. The van der Waals surface area contributed by atoms with E-state index in [0.29, 0.717) is 37.5 Å². The third-order valence-electron chi connectivity index (χ3n) is 5.76. The van der Waals surface area contributed by atoms with E-state index >= 15 is 0 Å². The maximum Gasteiger partial charge on any atom is 0.214 e. The third kappa shape index (κ3) is 5.21. The lowest BCUT2D eigenvalue weighted by Crippen LogP contribution is -2.44. The molecular weight excluding hydrogens is 368 g/mol. The van der Waals surface area contributed by atoms with Crippen molar-refractivity contribution >= 4 is 5.78 Å². The minimum absolute atomic E-state index is 0.000475. The van der Waals surface area contributed by atoms with Gasteiger partial charge in [0.1, 0.15) is 6.10 Å². The van der Waals surface area contributed by atoms with Crippen LogP contribution < -0.4 is 10.1 Å². The summed E-state index contributed by atoms with van der Waals surface area (Å²) in [6.45, 7) is 2.14. The van der Waals surface area contributed by atoms with E-state index in [1.165, 1.54) is 11.1 Å². The summed E-state index contributed by atoms with van der Waals surface area (Å²) in [5.74, 6) is 0.480. The summed E-state index contributed by atoms with van der Waals surface area (Å²) < 4.78 is 11.2. The first kappa shape index (κ1) is 20.0. The molecule has 2 aromatic rings. The molecule has 0 spiro atoms. The van der Waals surface area contributed by atoms with Crippen molar-refractivity contribution in [3.8, 4) is 5.88 Å². The molecule has 29 heavy (non-hydrogen) atoms. The average Bonchev–Trinajstić information content (AvgIpc) is 2.77. The van der Waals surface area contributed by atoms with Gasteiger partial charge in [-0.3, -0.25) is 4.79 Å². The number of aliphatic hydroxyl groups excluding tert-OH is 1. The zero-order chi connectivity index (χ0) is 20.1. The van der Waals surface area contributed by atoms with Crippen molar-refractivity contribution in [1.29, 1.82) is 0 Å². The number of carbonyl (C=O) groups is 1. The SMILES string of the molecule is O=C(CC[C@@H](O)[C@@H]1Cc2ccccc2CN1)c1ccnc(OC2CCOCC2)c1. The lowest BCUT2D eigenvalue weighted by atomic mass is 9.91. The largest absolute Gasteiger partial charge is 0.474 e. The molecule has 3 heterocycles. The number of benzene rings is 1. The van der Waals surface area contributed by atoms with Gasteiger partial charge in [0.05, 0.1) is 19.3 Å². The average molecular weight is 396 g/mol. The molecule has 1 fully saturated rings. The Hall–Kier alpha value is -2.28. The Morgan fingerprint density at radius 3 is 2.86 bits per heavy atom. The lowest BCUT2D eigenvalue weighted by molar-refractivity contribution is 0.0237. The van der Waals surface area contributed by atoms with E-state index in [-0.39, 0.29) is 17.9 Å². The van der Waals surface area contributed by atoms with Crippen LogP contribution in [0.1, 0.15) is 47.2 Å². The maximum atomic E-state index is 12.6. The van der Waals surface area contributed by atoms with Crippen molar-refractivity contribution in [3.63, 3.8) is 0 Å². The summed E-state index contributed by atoms with van der Waals surface area (Å²) in [7, 11) is 0. The van der Waals surface area contributed by atoms with Crippen LogP contribution in [0.3, 0.4) is 0 Å². The summed E-state index contributed by atoms with van der Waals surface area (Å²) in [6.07, 6.45) is 4.31. The van der Waals surface area contributed by atoms with E-state index < -0.39 is 6.10 Å². The molecule has 154 valence electrons. The molecule has 0 radical (unpaired) electrons. The molecule has 0 saturated carbocycles. The number of aromatic nitrogens is 1. The number of fused-ring (bicyclic) bond motifs is 1. The summed E-state index contributed by atoms with van der Waals surface area (Å²) >= 11 is 0. The summed E-state index contributed by atoms with van der Waals surface area (Å²) in [5, 5.41) is 14.0. The number of carbonyl (C=O) groups excluding carboxylic acids is 1. The van der Waals surface area contributed by atoms with Gasteiger partial charge < -0.3 is 19.9 Å². The monoisotopic (exact) mass is 396 g/mol. The van der Waals surface area contributed by atoms with Gasteiger partial charge >= 0.3 is 0 Å². The second-order valence-electron chi connectivity index (χ2n) is 7.80. The number of nitrogens with zero attached hydrogens (tertiary/aromatic N) is 1. The number of nitrogens with one attached hydrogen (secondary N) is 1. The second-order valence-corrected chi connectivity index (χ2v) is 7.80. The number of rotatable bonds is 7. The van der Waals surface area contributed by atoms with E-state index in [1.807, 2.05) is 12.1 Å². The van der Waals surface area contributed by atoms with E-state index in [4.69, 9.17) is 9.47 Å². The normalized spacial score (nSPS) is 20.7. The molecule has 4 rings (SSSR count). The Morgan fingerprint density at radius 2 is 2.03 bits per heavy atom. The van der Waals surface area contributed by atoms with Gasteiger partial charge in [0, 0.05) is 49.7 Å². The van der Waals surface area contributed by atoms with Gasteiger partial charge in [-0.15, -0.1) is 0 Å². The molecule has 6 heteroatoms. The molecule has 0 bridgehead atoms. The number of hydrogen-bond donors (Lipinski definition) is 2. The van der Waals surface area contributed by atoms with Crippen LogP contribution in [0.25, 0.3) is 0 Å². The molecular formula is C23H28N2O4. The van der Waals surface area contributed by atoms with Crippen LogP contribution in [0.15, 0.2) is 42.6 Å². The zero-order valence-corrected chi connectivity index (χ0v) is 16.5. The van der Waals surface area contributed by atoms with Crippen LogP contribution in [0.2, 0.25) is 0 Å². The Bertz CT molecular complexity index is 835. The molecule has 1 aromatic carbocycles. The first-order valence-corrected chi connectivity index (χ1v) is 10.4. The van der Waals surface area contributed by atoms with Gasteiger partial charge in [-0.05, 0) is 30.0 Å². The minimum Gasteiger partial charge on any atom is -0.474 e. The molecule has 2 N–H and O–H groups in total. The number of ketones is 1. The number of ether oxygens (including phenoxy) is 2. The minimum atomic E-state index is -0.563. The fourth-order valence-electron chi connectivity index (χ4n) is 3.99. The molecule has 0 aliphatic carbocycles. The molecule has 2 aliphatic heterocycles. The van der Waals surface area contributed by atoms with Crippen molar-refractivity contribution in [2.24, 2.45) is 0 Å². The smallest absolute Gasteiger partial charge is 0.214 e. The predicted molar refractivity (Wildman–Crippen MR) is 109 cm³/mol. The van der Waals surface area contributed by atoms with E-state index in [1.54, 1.807) is 18.3 Å². The molecule has 2 aliphatic rings. The van der Waals surface area contributed by atoms with Crippen LogP contribution in [0.4, 0.5) is 0 Å². The highest BCUT2D eigenvalue weighted by Gasteiger charge is 2.25. The summed E-state index contributed by atoms with van der Waals surface area (Å²) in [6, 6.07) is 11.7. The number of pyridine rings is 1. The molecule has 2 atom stereocenters. The highest BCUT2D eigenvalue weighted by Crippen LogP contribution is 2.21. The first-order chi connectivity index (χ1) is 14.2. The van der Waals surface area contributed by atoms with E-state index in [0.717, 1.165) is 25.8 Å². The molecule has 6 nitrogen and oxygen atoms in total. The van der Waals surface area contributed by atoms with Gasteiger partial charge in [-0.1, -0.05) is 24.3 Å². The predicted octanol–water partition coefficient (Wildman–Crippen LogP) is 2.68. The molecule has 1 aromatic heterocycles. The van der Waals surface area contributed by atoms with Gasteiger partial charge in [0.15, 0.2) is 5.78 Å². The van der Waals surface area contributed by atoms with Crippen molar-refractivity contribution in [1.82, 2.24) is 10.3 Å². The fourth-order valence-corrected chi connectivity index (χ4v) is 3.99. The van der Waals surface area contributed by atoms with Crippen molar-refractivity contribution in [3.05, 3.63) is 59.3 Å². The van der Waals surface area contributed by atoms with Gasteiger partial charge in [-0.2, -0.15) is 0 Å². The quantitative estimate of drug-likeness (QED) is 0.701. The van der Waals surface area contributed by atoms with Gasteiger partial charge in [0.25, 0.3) is 0 Å². The number of aliphatic hydroxyl groups is 1. The molecule has 0 unspecified atom stereocenters. The van der Waals surface area contributed by atoms with Crippen LogP contribution in [0, 0.1) is 0 Å². The topological polar surface area (TPSA) is 80.7 Å². The molecule has 0 amide bonds. The van der Waals surface area contributed by atoms with Gasteiger partial charge in [0.2, 0.25) is 5.88 Å². The van der Waals surface area contributed by atoms with E-state index in [9.17, 15) is 9.90 Å². The van der Waals surface area contributed by atoms with Crippen LogP contribution in [-0.2, 0) is 17.7 Å². The number of hydrogen-bond acceptors (Lipinski definition) is 6. The van der Waals surface area contributed by atoms with E-state index in [2.05, 4.69) is 22.4 Å². The van der Waals surface area contributed by atoms with Crippen LogP contribution >= 0.6 is 0 Å². The Balaban J connectivity index is 1.30. The van der Waals surface area contributed by atoms with Crippen molar-refractivity contribution in [2.75, 3.05) is 13.2 Å². The van der Waals surface area contributed by atoms with Crippen molar-refractivity contribution in [2.45, 2.75) is 56.9 Å². The van der Waals surface area contributed by atoms with Crippen LogP contribution in [0.5, 0.6) is 5.88 Å². The Kier molecular flexibility index (Phi) is 6.54. The highest BCUT2D eigenvalue weighted by atomic mass is 16.5. The third-order valence-corrected chi connectivity index (χ3v) is 5.76. The molecule has 1 saturated heterocycles. The summed E-state index contributed by atoms with van der Waals surface area (Å²) in [4.78, 5) is 16.9. The highest BCUT2D eigenvalue weighted by molar-refractivity contribution is 5.96. The van der Waals surface area contributed by atoms with Crippen molar-refractivity contribution < 1.29 is 19.4 Å². The Labute approximate surface area is 171 Å². The lowest BCUT2D eigenvalue weighted by Gasteiger charge is -2.29. The zero-order valence-electron chi connectivity index (χ0n) is 16.5. The Morgan fingerprint density at radius 1 is 1.24 bits per heavy atom. The number of Topliss-reactive ketones (excluding diaryl/α,β-unsaturated/α-hetero) is 1. The summed E-state index contributed by atoms with van der Waals surface area (Å²) in [5.41, 5.74) is 3.13. The standard InChI is InChI=1S/C23H28N2O4/c26-21(17-7-10-24-23(14-17)29-19-8-11-28-12-9-19)5-6-22(27)20-13-16-3-1-2-4-18(16)15-25-20/h1-4,7,10,14,19-20,22,25,27H,5-6,8-9,11-13,15H2/t20-,22+/m0/s1. The van der Waals surface area contributed by atoms with Crippen LogP contribution in [-0.4, -0.2) is 47.3 Å².